The number of ether oxygens (including phenoxy) is 4. The fourth-order valence-electron chi connectivity index (χ4n) is 7.30. The third-order valence-electron chi connectivity index (χ3n) is 10.3. The average molecular weight is 796 g/mol. The number of fused-ring (bicyclic) bond motifs is 4. The number of carbonyl (C=O) groups is 3. The van der Waals surface area contributed by atoms with Crippen molar-refractivity contribution in [3.8, 4) is 45.4 Å². The standard InChI is InChI=1S/C42H45N5O11/c1-22(48)45-31-13-10-24-16-33(55-5)40(56-6)41(57-7)37(24)28-18-29-30(38(23-8-11-26(54-4)12-9-23)58-39(29)32(49)19-27(28)31)20-35(51)43-15-14-34(50)44-21-25-17-36(52)47(3)42(53)46(25)2/h8-9,11-12,16-19,31H,10,13-15,20-21H2,1-7H3,(H,43,51)(H,44,50)(H,45,48)/t31-/m0/s1. The molecule has 3 aromatic carbocycles. The van der Waals surface area contributed by atoms with Crippen molar-refractivity contribution in [2.24, 2.45) is 14.1 Å². The Kier molecular flexibility index (Phi) is 12.0. The second kappa shape index (κ2) is 17.1. The fraction of sp³-hybridized carbons (Fsp3) is 0.333. The van der Waals surface area contributed by atoms with Gasteiger partial charge in [-0.15, -0.1) is 0 Å². The van der Waals surface area contributed by atoms with Gasteiger partial charge in [-0.2, -0.15) is 0 Å². The van der Waals surface area contributed by atoms with Crippen LogP contribution in [-0.4, -0.2) is 61.8 Å². The van der Waals surface area contributed by atoms with Gasteiger partial charge < -0.3 is 39.3 Å². The second-order valence-corrected chi connectivity index (χ2v) is 13.8. The molecule has 0 spiro atoms. The number of furan rings is 1. The Morgan fingerprint density at radius 2 is 1.57 bits per heavy atom. The lowest BCUT2D eigenvalue weighted by Gasteiger charge is -2.20. The molecule has 5 aromatic rings. The summed E-state index contributed by atoms with van der Waals surface area (Å²) in [7, 11) is 8.94. The Morgan fingerprint density at radius 3 is 2.22 bits per heavy atom. The summed E-state index contributed by atoms with van der Waals surface area (Å²) in [6.45, 7) is 1.32. The summed E-state index contributed by atoms with van der Waals surface area (Å²) >= 11 is 0. The maximum absolute atomic E-state index is 14.3. The number of nitrogens with one attached hydrogen (secondary N) is 3. The molecular formula is C42H45N5O11. The van der Waals surface area contributed by atoms with E-state index in [0.717, 1.165) is 10.1 Å². The Balaban J connectivity index is 1.42. The number of aryl methyl sites for hydroxylation is 1. The molecule has 3 N–H and O–H groups in total. The van der Waals surface area contributed by atoms with Crippen LogP contribution < -0.4 is 51.6 Å². The quantitative estimate of drug-likeness (QED) is 0.158. The van der Waals surface area contributed by atoms with Gasteiger partial charge in [0.2, 0.25) is 28.9 Å². The van der Waals surface area contributed by atoms with Crippen LogP contribution >= 0.6 is 0 Å². The first-order valence-corrected chi connectivity index (χ1v) is 18.5. The number of hydrogen-bond donors (Lipinski definition) is 3. The van der Waals surface area contributed by atoms with Gasteiger partial charge in [0.15, 0.2) is 17.1 Å². The van der Waals surface area contributed by atoms with Crippen LogP contribution in [0.5, 0.6) is 23.0 Å². The number of amides is 3. The smallest absolute Gasteiger partial charge is 0.330 e. The van der Waals surface area contributed by atoms with Gasteiger partial charge in [0, 0.05) is 67.8 Å². The van der Waals surface area contributed by atoms with Crippen molar-refractivity contribution < 1.29 is 37.7 Å². The maximum Gasteiger partial charge on any atom is 0.330 e. The topological polar surface area (TPSA) is 198 Å². The molecule has 0 fully saturated rings. The molecular weight excluding hydrogens is 750 g/mol. The average Bonchev–Trinajstić information content (AvgIpc) is 3.41. The molecule has 0 unspecified atom stereocenters. The van der Waals surface area contributed by atoms with Gasteiger partial charge in [0.25, 0.3) is 5.56 Å². The van der Waals surface area contributed by atoms with E-state index in [4.69, 9.17) is 23.4 Å². The van der Waals surface area contributed by atoms with Crippen LogP contribution in [0, 0.1) is 0 Å². The Labute approximate surface area is 332 Å². The number of aromatic nitrogens is 2. The van der Waals surface area contributed by atoms with E-state index in [-0.39, 0.29) is 43.2 Å². The summed E-state index contributed by atoms with van der Waals surface area (Å²) in [6, 6.07) is 12.8. The third kappa shape index (κ3) is 8.03. The van der Waals surface area contributed by atoms with Crippen LogP contribution in [0.1, 0.15) is 48.2 Å². The number of hydrogen-bond acceptors (Lipinski definition) is 11. The molecule has 6 rings (SSSR count). The highest BCUT2D eigenvalue weighted by atomic mass is 16.5. The molecule has 0 bridgehead atoms. The number of rotatable bonds is 13. The minimum atomic E-state index is -0.568. The van der Waals surface area contributed by atoms with Crippen molar-refractivity contribution in [1.82, 2.24) is 25.1 Å². The number of benzene rings is 2. The second-order valence-electron chi connectivity index (χ2n) is 13.8. The molecule has 0 radical (unpaired) electrons. The van der Waals surface area contributed by atoms with E-state index in [2.05, 4.69) is 16.0 Å². The summed E-state index contributed by atoms with van der Waals surface area (Å²) in [6.07, 6.45) is 0.598. The lowest BCUT2D eigenvalue weighted by atomic mass is 9.94. The number of carbonyl (C=O) groups excluding carboxylic acids is 3. The summed E-state index contributed by atoms with van der Waals surface area (Å²) in [4.78, 5) is 77.6. The maximum atomic E-state index is 14.3. The molecule has 1 atom stereocenters. The van der Waals surface area contributed by atoms with Gasteiger partial charge in [-0.3, -0.25) is 33.1 Å². The van der Waals surface area contributed by atoms with Gasteiger partial charge in [-0.05, 0) is 72.0 Å². The number of methoxy groups -OCH3 is 4. The van der Waals surface area contributed by atoms with Crippen LogP contribution in [0.25, 0.3) is 33.4 Å². The monoisotopic (exact) mass is 795 g/mol. The normalized spacial score (nSPS) is 13.1. The summed E-state index contributed by atoms with van der Waals surface area (Å²) in [5.41, 5.74) is 2.37. The highest BCUT2D eigenvalue weighted by Crippen LogP contribution is 2.51. The lowest BCUT2D eigenvalue weighted by molar-refractivity contribution is -0.122. The van der Waals surface area contributed by atoms with Crippen LogP contribution in [0.2, 0.25) is 0 Å². The first-order chi connectivity index (χ1) is 27.8. The van der Waals surface area contributed by atoms with Gasteiger partial charge in [-0.25, -0.2) is 4.79 Å². The predicted molar refractivity (Wildman–Crippen MR) is 215 cm³/mol. The molecule has 3 amide bonds. The van der Waals surface area contributed by atoms with E-state index in [1.54, 1.807) is 37.4 Å². The van der Waals surface area contributed by atoms with E-state index in [1.165, 1.54) is 59.0 Å². The van der Waals surface area contributed by atoms with Crippen LogP contribution in [0.3, 0.4) is 0 Å². The Hall–Kier alpha value is -6.84. The molecule has 16 nitrogen and oxygen atoms in total. The SMILES string of the molecule is COc1ccc(-c2oc3c(=O)cc4c(cc3c2CC(=O)NCCC(=O)NCc2cc(=O)n(C)c(=O)n2C)-c2c(cc(OC)c(OC)c2OC)CC[C@@H]4NC(C)=O)cc1. The molecule has 1 aliphatic rings. The highest BCUT2D eigenvalue weighted by Gasteiger charge is 2.31. The molecule has 0 aliphatic heterocycles. The number of nitrogens with zero attached hydrogens (tertiary/aromatic N) is 2. The molecule has 58 heavy (non-hydrogen) atoms. The van der Waals surface area contributed by atoms with Crippen molar-refractivity contribution in [1.29, 1.82) is 0 Å². The lowest BCUT2D eigenvalue weighted by Crippen LogP contribution is -2.39. The molecule has 304 valence electrons. The van der Waals surface area contributed by atoms with Crippen molar-refractivity contribution >= 4 is 28.7 Å². The summed E-state index contributed by atoms with van der Waals surface area (Å²) < 4.78 is 31.4. The Morgan fingerprint density at radius 1 is 0.845 bits per heavy atom. The van der Waals surface area contributed by atoms with Gasteiger partial charge >= 0.3 is 5.69 Å². The third-order valence-corrected chi connectivity index (χ3v) is 10.3. The van der Waals surface area contributed by atoms with Crippen LogP contribution in [-0.2, 0) is 47.9 Å². The molecule has 16 heteroatoms. The molecule has 2 aromatic heterocycles. The zero-order valence-corrected chi connectivity index (χ0v) is 33.3. The predicted octanol–water partition coefficient (Wildman–Crippen LogP) is 3.05. The zero-order chi connectivity index (χ0) is 41.8. The van der Waals surface area contributed by atoms with Crippen molar-refractivity contribution in [3.63, 3.8) is 0 Å². The fourth-order valence-corrected chi connectivity index (χ4v) is 7.30. The molecule has 1 aliphatic carbocycles. The first-order valence-electron chi connectivity index (χ1n) is 18.5. The van der Waals surface area contributed by atoms with Crippen molar-refractivity contribution in [3.05, 3.63) is 102 Å². The first kappa shape index (κ1) is 40.8. The van der Waals surface area contributed by atoms with Gasteiger partial charge in [-0.1, -0.05) is 0 Å². The van der Waals surface area contributed by atoms with Gasteiger partial charge in [0.05, 0.1) is 47.4 Å². The van der Waals surface area contributed by atoms with Crippen molar-refractivity contribution in [2.75, 3.05) is 35.0 Å². The highest BCUT2D eigenvalue weighted by molar-refractivity contribution is 5.96. The van der Waals surface area contributed by atoms with E-state index < -0.39 is 34.5 Å². The molecule has 0 saturated heterocycles. The van der Waals surface area contributed by atoms with E-state index >= 15 is 0 Å². The van der Waals surface area contributed by atoms with E-state index in [9.17, 15) is 28.8 Å². The zero-order valence-electron chi connectivity index (χ0n) is 33.3. The minimum Gasteiger partial charge on any atom is -0.497 e. The van der Waals surface area contributed by atoms with Gasteiger partial charge in [0.1, 0.15) is 11.5 Å². The van der Waals surface area contributed by atoms with E-state index in [1.807, 2.05) is 6.07 Å². The molecule has 0 saturated carbocycles. The summed E-state index contributed by atoms with van der Waals surface area (Å²) in [5.74, 6) is 0.869. The minimum absolute atomic E-state index is 0.00576. The van der Waals surface area contributed by atoms with Crippen LogP contribution in [0.15, 0.2) is 67.3 Å². The largest absolute Gasteiger partial charge is 0.497 e. The molecule has 2 heterocycles. The Bertz CT molecular complexity index is 2610. The van der Waals surface area contributed by atoms with E-state index in [0.29, 0.717) is 74.7 Å². The van der Waals surface area contributed by atoms with Crippen molar-refractivity contribution in [2.45, 2.75) is 45.2 Å². The van der Waals surface area contributed by atoms with Crippen LogP contribution in [0.4, 0.5) is 0 Å². The summed E-state index contributed by atoms with van der Waals surface area (Å²) in [5, 5.41) is 8.82.